The lowest BCUT2D eigenvalue weighted by Crippen LogP contribution is -2.15. The number of hydrogen-bond acceptors (Lipinski definition) is 2. The first-order chi connectivity index (χ1) is 10.1. The van der Waals surface area contributed by atoms with Crippen molar-refractivity contribution in [2.45, 2.75) is 46.5 Å². The van der Waals surface area contributed by atoms with Crippen molar-refractivity contribution in [2.75, 3.05) is 13.2 Å². The van der Waals surface area contributed by atoms with E-state index < -0.39 is 0 Å². The molecule has 1 aromatic carbocycles. The number of rotatable bonds is 6. The van der Waals surface area contributed by atoms with Crippen LogP contribution in [0.15, 0.2) is 41.5 Å². The number of benzene rings is 1. The predicted molar refractivity (Wildman–Crippen MR) is 88.2 cm³/mol. The van der Waals surface area contributed by atoms with Gasteiger partial charge in [0.25, 0.3) is 0 Å². The van der Waals surface area contributed by atoms with Gasteiger partial charge in [-0.2, -0.15) is 0 Å². The van der Waals surface area contributed by atoms with Crippen molar-refractivity contribution in [3.05, 3.63) is 47.1 Å². The summed E-state index contributed by atoms with van der Waals surface area (Å²) in [4.78, 5) is 0. The van der Waals surface area contributed by atoms with E-state index in [1.165, 1.54) is 16.7 Å². The highest BCUT2D eigenvalue weighted by Gasteiger charge is 2.11. The zero-order valence-electron chi connectivity index (χ0n) is 13.4. The van der Waals surface area contributed by atoms with Crippen molar-refractivity contribution < 1.29 is 9.47 Å². The molecule has 0 amide bonds. The topological polar surface area (TPSA) is 18.5 Å². The van der Waals surface area contributed by atoms with Gasteiger partial charge in [0.1, 0.15) is 13.2 Å². The normalized spacial score (nSPS) is 14.0. The van der Waals surface area contributed by atoms with Crippen LogP contribution in [0.1, 0.15) is 45.6 Å². The summed E-state index contributed by atoms with van der Waals surface area (Å²) in [5, 5.41) is 0. The van der Waals surface area contributed by atoms with Gasteiger partial charge in [0.05, 0.1) is 0 Å². The Balaban J connectivity index is 1.81. The summed E-state index contributed by atoms with van der Waals surface area (Å²) in [5.74, 6) is 1.77. The lowest BCUT2D eigenvalue weighted by Gasteiger charge is -2.18. The molecular weight excluding hydrogens is 260 g/mol. The van der Waals surface area contributed by atoms with Crippen molar-refractivity contribution in [3.8, 4) is 11.5 Å². The van der Waals surface area contributed by atoms with Crippen LogP contribution in [0.4, 0.5) is 0 Å². The fraction of sp³-hybridized carbons (Fsp3) is 0.474. The van der Waals surface area contributed by atoms with E-state index in [1.807, 2.05) is 6.07 Å². The Morgan fingerprint density at radius 1 is 1.00 bits per heavy atom. The molecule has 1 heterocycles. The predicted octanol–water partition coefficient (Wildman–Crippen LogP) is 5.08. The first-order valence-corrected chi connectivity index (χ1v) is 7.82. The smallest absolute Gasteiger partial charge is 0.161 e. The number of fused-ring (bicyclic) bond motifs is 1. The molecule has 0 unspecified atom stereocenters. The zero-order valence-corrected chi connectivity index (χ0v) is 13.4. The molecule has 2 nitrogen and oxygen atoms in total. The van der Waals surface area contributed by atoms with Crippen LogP contribution in [-0.4, -0.2) is 13.2 Å². The molecule has 1 aromatic rings. The maximum Gasteiger partial charge on any atom is 0.161 e. The van der Waals surface area contributed by atoms with Crippen LogP contribution in [0.3, 0.4) is 0 Å². The van der Waals surface area contributed by atoms with E-state index in [2.05, 4.69) is 45.1 Å². The van der Waals surface area contributed by atoms with Crippen molar-refractivity contribution >= 4 is 0 Å². The van der Waals surface area contributed by atoms with E-state index in [9.17, 15) is 0 Å². The third-order valence-corrected chi connectivity index (χ3v) is 3.62. The Morgan fingerprint density at radius 2 is 1.76 bits per heavy atom. The molecule has 1 aliphatic rings. The Morgan fingerprint density at radius 3 is 2.52 bits per heavy atom. The van der Waals surface area contributed by atoms with Crippen molar-refractivity contribution in [1.29, 1.82) is 0 Å². The molecule has 2 heteroatoms. The summed E-state index contributed by atoms with van der Waals surface area (Å²) >= 11 is 0. The van der Waals surface area contributed by atoms with Crippen LogP contribution in [0.2, 0.25) is 0 Å². The largest absolute Gasteiger partial charge is 0.486 e. The van der Waals surface area contributed by atoms with E-state index in [4.69, 9.17) is 9.47 Å². The molecule has 114 valence electrons. The molecule has 1 aliphatic heterocycles. The molecular formula is C19H26O2. The monoisotopic (exact) mass is 286 g/mol. The van der Waals surface area contributed by atoms with Crippen molar-refractivity contribution in [1.82, 2.24) is 0 Å². The Kier molecular flexibility index (Phi) is 5.91. The third-order valence-electron chi connectivity index (χ3n) is 3.62. The van der Waals surface area contributed by atoms with Crippen LogP contribution in [0, 0.1) is 0 Å². The number of aryl methyl sites for hydroxylation is 1. The minimum absolute atomic E-state index is 0.653. The second-order valence-corrected chi connectivity index (χ2v) is 5.89. The maximum atomic E-state index is 5.62. The van der Waals surface area contributed by atoms with E-state index in [-0.39, 0.29) is 0 Å². The van der Waals surface area contributed by atoms with Crippen LogP contribution in [0.25, 0.3) is 0 Å². The summed E-state index contributed by atoms with van der Waals surface area (Å²) in [6, 6.07) is 6.27. The van der Waals surface area contributed by atoms with Crippen molar-refractivity contribution in [3.63, 3.8) is 0 Å². The van der Waals surface area contributed by atoms with Crippen LogP contribution in [-0.2, 0) is 6.42 Å². The molecule has 0 spiro atoms. The summed E-state index contributed by atoms with van der Waals surface area (Å²) in [6.45, 7) is 7.84. The highest BCUT2D eigenvalue weighted by molar-refractivity contribution is 5.43. The zero-order chi connectivity index (χ0) is 15.1. The van der Waals surface area contributed by atoms with Gasteiger partial charge >= 0.3 is 0 Å². The van der Waals surface area contributed by atoms with Gasteiger partial charge in [-0.05, 0) is 64.2 Å². The molecule has 2 rings (SSSR count). The Bertz CT molecular complexity index is 522. The molecule has 0 atom stereocenters. The van der Waals surface area contributed by atoms with Gasteiger partial charge in [0.2, 0.25) is 0 Å². The molecule has 0 fully saturated rings. The molecule has 21 heavy (non-hydrogen) atoms. The van der Waals surface area contributed by atoms with Crippen LogP contribution in [0.5, 0.6) is 11.5 Å². The maximum absolute atomic E-state index is 5.62. The van der Waals surface area contributed by atoms with Gasteiger partial charge in [-0.25, -0.2) is 0 Å². The van der Waals surface area contributed by atoms with E-state index >= 15 is 0 Å². The lowest BCUT2D eigenvalue weighted by molar-refractivity contribution is 0.171. The summed E-state index contributed by atoms with van der Waals surface area (Å²) in [6.07, 6.45) is 9.10. The minimum Gasteiger partial charge on any atom is -0.486 e. The number of hydrogen-bond donors (Lipinski definition) is 0. The Labute approximate surface area is 128 Å². The second-order valence-electron chi connectivity index (χ2n) is 5.89. The van der Waals surface area contributed by atoms with Crippen molar-refractivity contribution in [2.24, 2.45) is 0 Å². The quantitative estimate of drug-likeness (QED) is 0.679. The lowest BCUT2D eigenvalue weighted by atomic mass is 10.1. The van der Waals surface area contributed by atoms with Gasteiger partial charge in [0.15, 0.2) is 11.5 Å². The van der Waals surface area contributed by atoms with Crippen LogP contribution >= 0.6 is 0 Å². The fourth-order valence-electron chi connectivity index (χ4n) is 2.42. The van der Waals surface area contributed by atoms with E-state index in [1.54, 1.807) is 0 Å². The second kappa shape index (κ2) is 7.92. The molecule has 0 radical (unpaired) electrons. The highest BCUT2D eigenvalue weighted by atomic mass is 16.6. The van der Waals surface area contributed by atoms with Crippen LogP contribution < -0.4 is 9.47 Å². The van der Waals surface area contributed by atoms with Gasteiger partial charge in [-0.3, -0.25) is 0 Å². The summed E-state index contributed by atoms with van der Waals surface area (Å²) < 4.78 is 11.2. The van der Waals surface area contributed by atoms with Gasteiger partial charge in [-0.15, -0.1) is 0 Å². The summed E-state index contributed by atoms with van der Waals surface area (Å²) in [7, 11) is 0. The molecule has 0 N–H and O–H groups in total. The third kappa shape index (κ3) is 5.30. The van der Waals surface area contributed by atoms with Gasteiger partial charge < -0.3 is 9.47 Å². The van der Waals surface area contributed by atoms with E-state index in [0.717, 1.165) is 37.2 Å². The fourth-order valence-corrected chi connectivity index (χ4v) is 2.42. The summed E-state index contributed by atoms with van der Waals surface area (Å²) in [5.41, 5.74) is 4.19. The average Bonchev–Trinajstić information content (AvgIpc) is 2.47. The number of allylic oxidation sites excluding steroid dienone is 4. The minimum atomic E-state index is 0.653. The first-order valence-electron chi connectivity index (χ1n) is 7.82. The van der Waals surface area contributed by atoms with Gasteiger partial charge in [0, 0.05) is 0 Å². The van der Waals surface area contributed by atoms with Gasteiger partial charge in [-0.1, -0.05) is 29.4 Å². The molecule has 0 saturated heterocycles. The Hall–Kier alpha value is -1.70. The molecule has 0 bridgehead atoms. The molecule has 0 aromatic heterocycles. The standard InChI is InChI=1S/C19H26O2/c1-15(2)6-4-7-16(3)8-5-9-17-10-11-18-19(14-17)21-13-12-20-18/h6,8,10-11,14H,4-5,7,9,12-13H2,1-3H3. The molecule has 0 saturated carbocycles. The first kappa shape index (κ1) is 15.7. The average molecular weight is 286 g/mol. The number of ether oxygens (including phenoxy) is 2. The van der Waals surface area contributed by atoms with E-state index in [0.29, 0.717) is 13.2 Å². The SMILES string of the molecule is CC(C)=CCCC(C)=CCCc1ccc2c(c1)OCCO2. The highest BCUT2D eigenvalue weighted by Crippen LogP contribution is 2.31. The molecule has 0 aliphatic carbocycles.